The van der Waals surface area contributed by atoms with E-state index in [1.165, 1.54) is 27.8 Å². The predicted molar refractivity (Wildman–Crippen MR) is 90.7 cm³/mol. The number of halogens is 1. The van der Waals surface area contributed by atoms with Gasteiger partial charge in [0.2, 0.25) is 11.1 Å². The van der Waals surface area contributed by atoms with Crippen LogP contribution in [0.15, 0.2) is 34.8 Å². The number of thiazole rings is 1. The maximum Gasteiger partial charge on any atom is 0.236 e. The Morgan fingerprint density at radius 3 is 3.00 bits per heavy atom. The van der Waals surface area contributed by atoms with Crippen LogP contribution in [0.5, 0.6) is 0 Å². The summed E-state index contributed by atoms with van der Waals surface area (Å²) in [6.45, 7) is 0. The molecule has 1 N–H and O–H groups in total. The van der Waals surface area contributed by atoms with Crippen LogP contribution in [-0.2, 0) is 11.8 Å². The number of carbonyl (C=O) groups excluding carboxylic acids is 1. The van der Waals surface area contributed by atoms with Crippen molar-refractivity contribution in [3.8, 4) is 11.3 Å². The van der Waals surface area contributed by atoms with Gasteiger partial charge in [0.05, 0.1) is 11.4 Å². The quantitative estimate of drug-likeness (QED) is 0.699. The summed E-state index contributed by atoms with van der Waals surface area (Å²) in [5.74, 6) is 0.0351. The van der Waals surface area contributed by atoms with Crippen LogP contribution in [0.3, 0.4) is 0 Å². The van der Waals surface area contributed by atoms with Gasteiger partial charge in [-0.15, -0.1) is 16.4 Å². The monoisotopic (exact) mass is 366 g/mol. The summed E-state index contributed by atoms with van der Waals surface area (Å²) in [6, 6.07) is 7.45. The fourth-order valence-corrected chi connectivity index (χ4v) is 3.36. The maximum atomic E-state index is 12.0. The van der Waals surface area contributed by atoms with E-state index in [1.54, 1.807) is 13.1 Å². The number of hydrogen-bond acceptors (Lipinski definition) is 7. The van der Waals surface area contributed by atoms with Gasteiger partial charge in [0.25, 0.3) is 0 Å². The molecule has 0 bridgehead atoms. The fraction of sp³-hybridized carbons (Fsp3) is 0.154. The van der Waals surface area contributed by atoms with Gasteiger partial charge in [-0.25, -0.2) is 9.67 Å². The Hall–Kier alpha value is -1.97. The molecule has 0 fully saturated rings. The largest absolute Gasteiger partial charge is 0.301 e. The summed E-state index contributed by atoms with van der Waals surface area (Å²) in [5, 5.41) is 17.4. The number of anilines is 1. The van der Waals surface area contributed by atoms with Gasteiger partial charge in [0.15, 0.2) is 5.13 Å². The van der Waals surface area contributed by atoms with E-state index in [-0.39, 0.29) is 11.7 Å². The van der Waals surface area contributed by atoms with E-state index in [4.69, 9.17) is 11.6 Å². The van der Waals surface area contributed by atoms with Gasteiger partial charge in [-0.2, -0.15) is 0 Å². The molecule has 1 amide bonds. The second-order valence-corrected chi connectivity index (χ2v) is 6.65. The molecule has 0 atom stereocenters. The molecule has 3 aromatic rings. The van der Waals surface area contributed by atoms with Gasteiger partial charge in [-0.05, 0) is 16.5 Å². The third-order valence-corrected chi connectivity index (χ3v) is 4.91. The minimum Gasteiger partial charge on any atom is -0.301 e. The standard InChI is InChI=1S/C13H11ClN6OS2/c1-20-13(17-18-19-20)23-7-11(21)16-12-15-10(6-22-12)8-4-2-3-5-9(8)14/h2-6H,7H2,1H3,(H,15,16,21). The molecular weight excluding hydrogens is 356 g/mol. The third kappa shape index (κ3) is 3.87. The fourth-order valence-electron chi connectivity index (χ4n) is 1.75. The van der Waals surface area contributed by atoms with Crippen LogP contribution < -0.4 is 5.32 Å². The summed E-state index contributed by atoms with van der Waals surface area (Å²) in [7, 11) is 1.72. The van der Waals surface area contributed by atoms with Gasteiger partial charge in [-0.1, -0.05) is 41.6 Å². The van der Waals surface area contributed by atoms with Gasteiger partial charge >= 0.3 is 0 Å². The van der Waals surface area contributed by atoms with Gasteiger partial charge in [0.1, 0.15) is 0 Å². The lowest BCUT2D eigenvalue weighted by molar-refractivity contribution is -0.113. The Labute approximate surface area is 145 Å². The molecule has 3 rings (SSSR count). The Morgan fingerprint density at radius 1 is 1.43 bits per heavy atom. The van der Waals surface area contributed by atoms with Crippen molar-refractivity contribution in [2.75, 3.05) is 11.1 Å². The first kappa shape index (κ1) is 15.9. The SMILES string of the molecule is Cn1nnnc1SCC(=O)Nc1nc(-c2ccccc2Cl)cs1. The van der Waals surface area contributed by atoms with Gasteiger partial charge in [-0.3, -0.25) is 4.79 Å². The Bertz CT molecular complexity index is 833. The second kappa shape index (κ2) is 7.07. The highest BCUT2D eigenvalue weighted by atomic mass is 35.5. The minimum absolute atomic E-state index is 0.168. The second-order valence-electron chi connectivity index (χ2n) is 4.44. The van der Waals surface area contributed by atoms with E-state index >= 15 is 0 Å². The molecule has 7 nitrogen and oxygen atoms in total. The number of thioether (sulfide) groups is 1. The predicted octanol–water partition coefficient (Wildman–Crippen LogP) is 2.72. The van der Waals surface area contributed by atoms with Crippen LogP contribution in [0.25, 0.3) is 11.3 Å². The molecule has 0 aliphatic heterocycles. The van der Waals surface area contributed by atoms with Crippen LogP contribution in [0.4, 0.5) is 5.13 Å². The molecule has 0 aliphatic carbocycles. The van der Waals surface area contributed by atoms with Crippen LogP contribution >= 0.6 is 34.7 Å². The number of tetrazole rings is 1. The lowest BCUT2D eigenvalue weighted by atomic mass is 10.2. The zero-order valence-corrected chi connectivity index (χ0v) is 14.3. The number of aromatic nitrogens is 5. The molecule has 0 unspecified atom stereocenters. The zero-order chi connectivity index (χ0) is 16.2. The summed E-state index contributed by atoms with van der Waals surface area (Å²) >= 11 is 8.76. The van der Waals surface area contributed by atoms with Gasteiger partial charge in [0, 0.05) is 23.0 Å². The van der Waals surface area contributed by atoms with E-state index in [0.717, 1.165) is 11.3 Å². The first-order valence-corrected chi connectivity index (χ1v) is 8.73. The molecule has 1 aromatic carbocycles. The molecule has 2 aromatic heterocycles. The molecule has 0 radical (unpaired) electrons. The van der Waals surface area contributed by atoms with Crippen molar-refractivity contribution in [1.82, 2.24) is 25.2 Å². The summed E-state index contributed by atoms with van der Waals surface area (Å²) in [5.41, 5.74) is 1.58. The number of rotatable bonds is 5. The molecule has 0 saturated heterocycles. The summed E-state index contributed by atoms with van der Waals surface area (Å²) in [4.78, 5) is 16.4. The maximum absolute atomic E-state index is 12.0. The number of carbonyl (C=O) groups is 1. The molecule has 23 heavy (non-hydrogen) atoms. The van der Waals surface area contributed by atoms with Crippen molar-refractivity contribution < 1.29 is 4.79 Å². The van der Waals surface area contributed by atoms with Crippen LogP contribution in [0.1, 0.15) is 0 Å². The molecule has 0 aliphatic rings. The first-order chi connectivity index (χ1) is 11.1. The molecule has 0 saturated carbocycles. The smallest absolute Gasteiger partial charge is 0.236 e. The Morgan fingerprint density at radius 2 is 2.26 bits per heavy atom. The van der Waals surface area contributed by atoms with Crippen molar-refractivity contribution in [1.29, 1.82) is 0 Å². The molecule has 118 valence electrons. The first-order valence-electron chi connectivity index (χ1n) is 6.49. The minimum atomic E-state index is -0.168. The number of nitrogens with zero attached hydrogens (tertiary/aromatic N) is 5. The van der Waals surface area contributed by atoms with Crippen molar-refractivity contribution >= 4 is 45.7 Å². The number of aryl methyl sites for hydroxylation is 1. The lowest BCUT2D eigenvalue weighted by Crippen LogP contribution is -2.14. The van der Waals surface area contributed by atoms with Crippen molar-refractivity contribution in [3.05, 3.63) is 34.7 Å². The summed E-state index contributed by atoms with van der Waals surface area (Å²) in [6.07, 6.45) is 0. The number of hydrogen-bond donors (Lipinski definition) is 1. The normalized spacial score (nSPS) is 10.7. The van der Waals surface area contributed by atoms with E-state index in [2.05, 4.69) is 25.8 Å². The average molecular weight is 367 g/mol. The Kier molecular flexibility index (Phi) is 4.89. The van der Waals surface area contributed by atoms with E-state index in [0.29, 0.717) is 15.3 Å². The molecule has 10 heteroatoms. The third-order valence-electron chi connectivity index (χ3n) is 2.81. The number of amides is 1. The highest BCUT2D eigenvalue weighted by molar-refractivity contribution is 7.99. The zero-order valence-electron chi connectivity index (χ0n) is 11.9. The number of nitrogens with one attached hydrogen (secondary N) is 1. The van der Waals surface area contributed by atoms with E-state index in [9.17, 15) is 4.79 Å². The molecule has 0 spiro atoms. The van der Waals surface area contributed by atoms with E-state index < -0.39 is 0 Å². The van der Waals surface area contributed by atoms with Crippen LogP contribution in [0.2, 0.25) is 5.02 Å². The van der Waals surface area contributed by atoms with E-state index in [1.807, 2.05) is 23.6 Å². The van der Waals surface area contributed by atoms with Gasteiger partial charge < -0.3 is 5.32 Å². The lowest BCUT2D eigenvalue weighted by Gasteiger charge is -2.01. The van der Waals surface area contributed by atoms with Crippen molar-refractivity contribution in [2.24, 2.45) is 7.05 Å². The Balaban J connectivity index is 1.62. The van der Waals surface area contributed by atoms with Crippen molar-refractivity contribution in [2.45, 2.75) is 5.16 Å². The highest BCUT2D eigenvalue weighted by Crippen LogP contribution is 2.30. The highest BCUT2D eigenvalue weighted by Gasteiger charge is 2.12. The number of benzene rings is 1. The molecular formula is C13H11ClN6OS2. The topological polar surface area (TPSA) is 85.6 Å². The molecule has 2 heterocycles. The van der Waals surface area contributed by atoms with Crippen molar-refractivity contribution in [3.63, 3.8) is 0 Å². The van der Waals surface area contributed by atoms with Crippen LogP contribution in [0, 0.1) is 0 Å². The summed E-state index contributed by atoms with van der Waals surface area (Å²) < 4.78 is 1.51. The average Bonchev–Trinajstić information content (AvgIpc) is 3.15. The van der Waals surface area contributed by atoms with Crippen LogP contribution in [-0.4, -0.2) is 36.9 Å².